The molecule has 0 aliphatic rings. The van der Waals surface area contributed by atoms with E-state index in [4.69, 9.17) is 11.6 Å². The van der Waals surface area contributed by atoms with E-state index in [0.717, 1.165) is 0 Å². The van der Waals surface area contributed by atoms with Gasteiger partial charge in [0.15, 0.2) is 0 Å². The van der Waals surface area contributed by atoms with Crippen LogP contribution >= 0.6 is 27.5 Å². The molecule has 2 heterocycles. The Labute approximate surface area is 111 Å². The molecule has 0 aliphatic heterocycles. The van der Waals surface area contributed by atoms with Gasteiger partial charge in [-0.3, -0.25) is 4.79 Å². The highest BCUT2D eigenvalue weighted by Crippen LogP contribution is 2.22. The van der Waals surface area contributed by atoms with E-state index in [1.54, 1.807) is 25.4 Å². The van der Waals surface area contributed by atoms with Crippen molar-refractivity contribution >= 4 is 39.0 Å². The van der Waals surface area contributed by atoms with E-state index >= 15 is 0 Å². The molecular formula is C10H8BrClN4O. The number of nitrogens with one attached hydrogen (secondary N) is 1. The van der Waals surface area contributed by atoms with Crippen LogP contribution in [0.3, 0.4) is 0 Å². The molecular weight excluding hydrogens is 307 g/mol. The Morgan fingerprint density at radius 1 is 1.53 bits per heavy atom. The average molecular weight is 316 g/mol. The molecule has 2 rings (SSSR count). The topological polar surface area (TPSA) is 59.8 Å². The lowest BCUT2D eigenvalue weighted by atomic mass is 10.4. The minimum Gasteiger partial charge on any atom is -0.335 e. The van der Waals surface area contributed by atoms with Crippen LogP contribution < -0.4 is 10.9 Å². The fraction of sp³-hybridized carbons (Fsp3) is 0.100. The summed E-state index contributed by atoms with van der Waals surface area (Å²) in [7, 11) is 1.68. The molecule has 0 saturated carbocycles. The van der Waals surface area contributed by atoms with Gasteiger partial charge in [-0.05, 0) is 39.7 Å². The number of hydrogen-bond acceptors (Lipinski definition) is 4. The molecule has 0 amide bonds. The second kappa shape index (κ2) is 4.85. The SMILES string of the molecule is Cn1cccc(Nc2nc(Cl)ncc2Br)c1=O. The molecule has 0 spiro atoms. The van der Waals surface area contributed by atoms with Crippen LogP contribution in [0.25, 0.3) is 0 Å². The molecule has 0 saturated heterocycles. The maximum Gasteiger partial charge on any atom is 0.274 e. The number of anilines is 2. The number of aromatic nitrogens is 3. The maximum atomic E-state index is 11.8. The number of hydrogen-bond donors (Lipinski definition) is 1. The lowest BCUT2D eigenvalue weighted by Gasteiger charge is -2.07. The van der Waals surface area contributed by atoms with Gasteiger partial charge in [-0.2, -0.15) is 4.98 Å². The van der Waals surface area contributed by atoms with Crippen LogP contribution in [0.2, 0.25) is 5.28 Å². The number of pyridine rings is 1. The van der Waals surface area contributed by atoms with Gasteiger partial charge in [0.1, 0.15) is 11.5 Å². The quantitative estimate of drug-likeness (QED) is 0.864. The van der Waals surface area contributed by atoms with Crippen molar-refractivity contribution in [3.63, 3.8) is 0 Å². The molecule has 17 heavy (non-hydrogen) atoms. The molecule has 1 N–H and O–H groups in total. The number of nitrogens with zero attached hydrogens (tertiary/aromatic N) is 3. The summed E-state index contributed by atoms with van der Waals surface area (Å²) in [5.41, 5.74) is 0.277. The monoisotopic (exact) mass is 314 g/mol. The first-order valence-corrected chi connectivity index (χ1v) is 5.86. The number of aryl methyl sites for hydroxylation is 1. The Morgan fingerprint density at radius 3 is 3.06 bits per heavy atom. The average Bonchev–Trinajstić information content (AvgIpc) is 2.30. The van der Waals surface area contributed by atoms with E-state index in [1.165, 1.54) is 10.8 Å². The highest BCUT2D eigenvalue weighted by Gasteiger charge is 2.07. The zero-order valence-electron chi connectivity index (χ0n) is 8.82. The molecule has 2 aromatic heterocycles. The summed E-state index contributed by atoms with van der Waals surface area (Å²) in [6.07, 6.45) is 3.20. The van der Waals surface area contributed by atoms with E-state index in [1.807, 2.05) is 0 Å². The first-order chi connectivity index (χ1) is 8.08. The third-order valence-corrected chi connectivity index (χ3v) is 2.85. The van der Waals surface area contributed by atoms with Gasteiger partial charge in [0, 0.05) is 19.4 Å². The van der Waals surface area contributed by atoms with E-state index < -0.39 is 0 Å². The summed E-state index contributed by atoms with van der Waals surface area (Å²) >= 11 is 8.96. The second-order valence-corrected chi connectivity index (χ2v) is 4.49. The van der Waals surface area contributed by atoms with Crippen LogP contribution in [0.4, 0.5) is 11.5 Å². The Morgan fingerprint density at radius 2 is 2.29 bits per heavy atom. The lowest BCUT2D eigenvalue weighted by Crippen LogP contribution is -2.18. The zero-order valence-corrected chi connectivity index (χ0v) is 11.2. The van der Waals surface area contributed by atoms with Crippen LogP contribution in [0.1, 0.15) is 0 Å². The minimum absolute atomic E-state index is 0.114. The summed E-state index contributed by atoms with van der Waals surface area (Å²) in [4.78, 5) is 19.6. The van der Waals surface area contributed by atoms with Crippen LogP contribution in [-0.2, 0) is 7.05 Å². The van der Waals surface area contributed by atoms with Crippen molar-refractivity contribution in [2.24, 2.45) is 7.05 Å². The first-order valence-electron chi connectivity index (χ1n) is 4.68. The van der Waals surface area contributed by atoms with Crippen LogP contribution in [-0.4, -0.2) is 14.5 Å². The summed E-state index contributed by atoms with van der Waals surface area (Å²) in [6.45, 7) is 0. The van der Waals surface area contributed by atoms with Gasteiger partial charge in [0.2, 0.25) is 5.28 Å². The molecule has 0 radical (unpaired) electrons. The van der Waals surface area contributed by atoms with Crippen molar-refractivity contribution in [3.8, 4) is 0 Å². The third kappa shape index (κ3) is 2.65. The first kappa shape index (κ1) is 12.1. The van der Waals surface area contributed by atoms with Crippen molar-refractivity contribution in [2.45, 2.75) is 0 Å². The molecule has 7 heteroatoms. The van der Waals surface area contributed by atoms with Crippen LogP contribution in [0.15, 0.2) is 33.8 Å². The molecule has 0 aromatic carbocycles. The van der Waals surface area contributed by atoms with Gasteiger partial charge >= 0.3 is 0 Å². The highest BCUT2D eigenvalue weighted by molar-refractivity contribution is 9.10. The number of rotatable bonds is 2. The smallest absolute Gasteiger partial charge is 0.274 e. The molecule has 2 aromatic rings. The summed E-state index contributed by atoms with van der Waals surface area (Å²) in [5, 5.41) is 3.02. The summed E-state index contributed by atoms with van der Waals surface area (Å²) < 4.78 is 2.10. The number of halogens is 2. The van der Waals surface area contributed by atoms with Crippen LogP contribution in [0, 0.1) is 0 Å². The second-order valence-electron chi connectivity index (χ2n) is 3.30. The fourth-order valence-corrected chi connectivity index (χ4v) is 1.68. The summed E-state index contributed by atoms with van der Waals surface area (Å²) in [6, 6.07) is 3.44. The van der Waals surface area contributed by atoms with Crippen molar-refractivity contribution < 1.29 is 0 Å². The summed E-state index contributed by atoms with van der Waals surface area (Å²) in [5.74, 6) is 0.452. The predicted octanol–water partition coefficient (Wildman–Crippen LogP) is 2.33. The Bertz CT molecular complexity index is 613. The molecule has 5 nitrogen and oxygen atoms in total. The van der Waals surface area contributed by atoms with Gasteiger partial charge in [-0.25, -0.2) is 4.98 Å². The highest BCUT2D eigenvalue weighted by atomic mass is 79.9. The maximum absolute atomic E-state index is 11.8. The molecule has 0 atom stereocenters. The van der Waals surface area contributed by atoms with Gasteiger partial charge in [0.25, 0.3) is 5.56 Å². The molecule has 0 unspecified atom stereocenters. The van der Waals surface area contributed by atoms with Crippen molar-refractivity contribution in [2.75, 3.05) is 5.32 Å². The normalized spacial score (nSPS) is 10.3. The molecule has 0 aliphatic carbocycles. The largest absolute Gasteiger partial charge is 0.335 e. The van der Waals surface area contributed by atoms with E-state index in [2.05, 4.69) is 31.2 Å². The lowest BCUT2D eigenvalue weighted by molar-refractivity contribution is 0.862. The molecule has 0 fully saturated rings. The minimum atomic E-state index is -0.144. The zero-order chi connectivity index (χ0) is 12.4. The fourth-order valence-electron chi connectivity index (χ4n) is 1.25. The van der Waals surface area contributed by atoms with Crippen molar-refractivity contribution in [1.82, 2.24) is 14.5 Å². The Hall–Kier alpha value is -1.40. The van der Waals surface area contributed by atoms with E-state index in [-0.39, 0.29) is 10.8 Å². The Kier molecular flexibility index (Phi) is 3.44. The van der Waals surface area contributed by atoms with Gasteiger partial charge < -0.3 is 9.88 Å². The van der Waals surface area contributed by atoms with Crippen molar-refractivity contribution in [3.05, 3.63) is 44.6 Å². The van der Waals surface area contributed by atoms with E-state index in [0.29, 0.717) is 16.0 Å². The van der Waals surface area contributed by atoms with Crippen LogP contribution in [0.5, 0.6) is 0 Å². The molecule has 0 bridgehead atoms. The van der Waals surface area contributed by atoms with Gasteiger partial charge in [-0.1, -0.05) is 0 Å². The van der Waals surface area contributed by atoms with Gasteiger partial charge in [-0.15, -0.1) is 0 Å². The van der Waals surface area contributed by atoms with E-state index in [9.17, 15) is 4.79 Å². The molecule has 88 valence electrons. The predicted molar refractivity (Wildman–Crippen MR) is 69.7 cm³/mol. The van der Waals surface area contributed by atoms with Crippen molar-refractivity contribution in [1.29, 1.82) is 0 Å². The van der Waals surface area contributed by atoms with Gasteiger partial charge in [0.05, 0.1) is 4.47 Å². The third-order valence-electron chi connectivity index (χ3n) is 2.09. The Balaban J connectivity index is 2.41. The standard InChI is InChI=1S/C10H8BrClN4O/c1-16-4-2-3-7(9(16)17)14-8-6(11)5-13-10(12)15-8/h2-5H,1H3,(H,13,14,15).